The van der Waals surface area contributed by atoms with Gasteiger partial charge in [0.1, 0.15) is 0 Å². The molecule has 0 aliphatic carbocycles. The number of halogens is 1. The quantitative estimate of drug-likeness (QED) is 0.398. The minimum Gasteiger partial charge on any atom is -0.504 e. The first-order chi connectivity index (χ1) is 12.2. The van der Waals surface area contributed by atoms with Gasteiger partial charge in [0, 0.05) is 0 Å². The van der Waals surface area contributed by atoms with E-state index in [1.165, 1.54) is 18.9 Å². The van der Waals surface area contributed by atoms with Crippen molar-refractivity contribution in [3.8, 4) is 11.5 Å². The summed E-state index contributed by atoms with van der Waals surface area (Å²) in [7, 11) is 1.48. The van der Waals surface area contributed by atoms with Gasteiger partial charge >= 0.3 is 0 Å². The molecule has 138 valence electrons. The molecule has 0 aliphatic heterocycles. The van der Waals surface area contributed by atoms with Gasteiger partial charge in [-0.15, -0.1) is 0 Å². The van der Waals surface area contributed by atoms with Crippen LogP contribution in [0.5, 0.6) is 11.5 Å². The largest absolute Gasteiger partial charge is 0.504 e. The number of nitrogens with zero attached hydrogens (tertiary/aromatic N) is 1. The number of amides is 1. The van der Waals surface area contributed by atoms with Crippen LogP contribution in [-0.4, -0.2) is 24.3 Å². The van der Waals surface area contributed by atoms with E-state index in [9.17, 15) is 9.90 Å². The summed E-state index contributed by atoms with van der Waals surface area (Å²) in [5.41, 5.74) is 5.50. The fraction of sp³-hybridized carbons (Fsp3) is 0.300. The highest BCUT2D eigenvalue weighted by Crippen LogP contribution is 2.31. The SMILES string of the molecule is COc1cc(/C=N\NC(=O)Cc2ccc(C(C)(C)C)cc2)cc(I)c1O. The summed E-state index contributed by atoms with van der Waals surface area (Å²) in [6, 6.07) is 11.4. The Morgan fingerprint density at radius 2 is 1.92 bits per heavy atom. The lowest BCUT2D eigenvalue weighted by molar-refractivity contribution is -0.120. The van der Waals surface area contributed by atoms with E-state index in [0.717, 1.165) is 11.1 Å². The number of nitrogens with one attached hydrogen (secondary N) is 1. The number of carbonyl (C=O) groups is 1. The van der Waals surface area contributed by atoms with E-state index >= 15 is 0 Å². The molecule has 0 spiro atoms. The molecule has 0 atom stereocenters. The first-order valence-electron chi connectivity index (χ1n) is 8.18. The van der Waals surface area contributed by atoms with Crippen molar-refractivity contribution in [1.82, 2.24) is 5.43 Å². The van der Waals surface area contributed by atoms with Crippen LogP contribution in [0.3, 0.4) is 0 Å². The van der Waals surface area contributed by atoms with Gasteiger partial charge in [0.2, 0.25) is 5.91 Å². The number of benzene rings is 2. The Bertz CT molecular complexity index is 809. The summed E-state index contributed by atoms with van der Waals surface area (Å²) in [6.07, 6.45) is 1.78. The second-order valence-corrected chi connectivity index (χ2v) is 8.13. The van der Waals surface area contributed by atoms with Crippen molar-refractivity contribution in [2.24, 2.45) is 5.10 Å². The van der Waals surface area contributed by atoms with Crippen LogP contribution in [0, 0.1) is 3.57 Å². The molecule has 0 fully saturated rings. The number of ether oxygens (including phenoxy) is 1. The van der Waals surface area contributed by atoms with Crippen LogP contribution in [0.25, 0.3) is 0 Å². The smallest absolute Gasteiger partial charge is 0.244 e. The molecule has 2 N–H and O–H groups in total. The molecule has 0 aromatic heterocycles. The third-order valence-corrected chi connectivity index (χ3v) is 4.68. The van der Waals surface area contributed by atoms with Crippen LogP contribution in [0.2, 0.25) is 0 Å². The maximum Gasteiger partial charge on any atom is 0.244 e. The molecule has 0 bridgehead atoms. The van der Waals surface area contributed by atoms with Crippen molar-refractivity contribution in [3.05, 3.63) is 56.7 Å². The number of rotatable bonds is 5. The van der Waals surface area contributed by atoms with Crippen LogP contribution >= 0.6 is 22.6 Å². The molecule has 0 saturated carbocycles. The molecular weight excluding hydrogens is 443 g/mol. The van der Waals surface area contributed by atoms with Gasteiger partial charge < -0.3 is 9.84 Å². The van der Waals surface area contributed by atoms with Crippen molar-refractivity contribution in [1.29, 1.82) is 0 Å². The van der Waals surface area contributed by atoms with Crippen LogP contribution < -0.4 is 10.2 Å². The highest BCUT2D eigenvalue weighted by atomic mass is 127. The van der Waals surface area contributed by atoms with Gasteiger partial charge in [-0.05, 0) is 56.8 Å². The Balaban J connectivity index is 1.96. The molecule has 0 unspecified atom stereocenters. The zero-order chi connectivity index (χ0) is 19.3. The summed E-state index contributed by atoms with van der Waals surface area (Å²) >= 11 is 2.01. The highest BCUT2D eigenvalue weighted by Gasteiger charge is 2.13. The lowest BCUT2D eigenvalue weighted by Crippen LogP contribution is -2.20. The molecule has 0 radical (unpaired) electrons. The van der Waals surface area contributed by atoms with E-state index in [1.54, 1.807) is 12.1 Å². The lowest BCUT2D eigenvalue weighted by atomic mass is 9.86. The van der Waals surface area contributed by atoms with E-state index in [-0.39, 0.29) is 23.5 Å². The fourth-order valence-corrected chi connectivity index (χ4v) is 2.98. The summed E-state index contributed by atoms with van der Waals surface area (Å²) in [4.78, 5) is 12.0. The molecular formula is C20H23IN2O3. The predicted molar refractivity (Wildman–Crippen MR) is 112 cm³/mol. The van der Waals surface area contributed by atoms with Gasteiger partial charge in [0.25, 0.3) is 0 Å². The summed E-state index contributed by atoms with van der Waals surface area (Å²) in [5.74, 6) is 0.266. The van der Waals surface area contributed by atoms with Crippen molar-refractivity contribution in [2.75, 3.05) is 7.11 Å². The first kappa shape index (κ1) is 20.2. The number of phenols is 1. The van der Waals surface area contributed by atoms with E-state index in [0.29, 0.717) is 9.32 Å². The standard InChI is InChI=1S/C20H23IN2O3/c1-20(2,3)15-7-5-13(6-8-15)11-18(24)23-22-12-14-9-16(21)19(25)17(10-14)26-4/h5-10,12,25H,11H2,1-4H3,(H,23,24)/b22-12-. The number of phenolic OH excluding ortho intramolecular Hbond substituents is 1. The minimum absolute atomic E-state index is 0.0907. The molecule has 0 saturated heterocycles. The zero-order valence-electron chi connectivity index (χ0n) is 15.3. The van der Waals surface area contributed by atoms with Crippen molar-refractivity contribution < 1.29 is 14.6 Å². The van der Waals surface area contributed by atoms with Gasteiger partial charge in [-0.2, -0.15) is 5.10 Å². The molecule has 6 heteroatoms. The topological polar surface area (TPSA) is 70.9 Å². The molecule has 0 heterocycles. The van der Waals surface area contributed by atoms with Crippen molar-refractivity contribution in [2.45, 2.75) is 32.6 Å². The predicted octanol–water partition coefficient (Wildman–Crippen LogP) is 4.00. The number of hydrogen-bond donors (Lipinski definition) is 2. The fourth-order valence-electron chi connectivity index (χ4n) is 2.35. The average molecular weight is 466 g/mol. The summed E-state index contributed by atoms with van der Waals surface area (Å²) in [6.45, 7) is 6.47. The molecule has 1 amide bonds. The van der Waals surface area contributed by atoms with Crippen LogP contribution in [0.4, 0.5) is 0 Å². The summed E-state index contributed by atoms with van der Waals surface area (Å²) < 4.78 is 5.75. The zero-order valence-corrected chi connectivity index (χ0v) is 17.5. The molecule has 2 aromatic rings. The average Bonchev–Trinajstić information content (AvgIpc) is 2.57. The monoisotopic (exact) mass is 466 g/mol. The van der Waals surface area contributed by atoms with Gasteiger partial charge in [0.05, 0.1) is 23.3 Å². The highest BCUT2D eigenvalue weighted by molar-refractivity contribution is 14.1. The van der Waals surface area contributed by atoms with Crippen molar-refractivity contribution in [3.63, 3.8) is 0 Å². The number of aromatic hydroxyl groups is 1. The molecule has 5 nitrogen and oxygen atoms in total. The second kappa shape index (κ2) is 8.53. The number of methoxy groups -OCH3 is 1. The number of hydrazone groups is 1. The number of carbonyl (C=O) groups excluding carboxylic acids is 1. The summed E-state index contributed by atoms with van der Waals surface area (Å²) in [5, 5.41) is 13.8. The second-order valence-electron chi connectivity index (χ2n) is 6.97. The Kier molecular flexibility index (Phi) is 6.63. The normalized spacial score (nSPS) is 11.6. The van der Waals surface area contributed by atoms with Gasteiger partial charge in [-0.1, -0.05) is 45.0 Å². The third kappa shape index (κ3) is 5.45. The lowest BCUT2D eigenvalue weighted by Gasteiger charge is -2.19. The van der Waals surface area contributed by atoms with Crippen LogP contribution in [0.15, 0.2) is 41.5 Å². The minimum atomic E-state index is -0.190. The van der Waals surface area contributed by atoms with Crippen LogP contribution in [-0.2, 0) is 16.6 Å². The molecule has 0 aliphatic rings. The molecule has 2 rings (SSSR count). The van der Waals surface area contributed by atoms with Gasteiger partial charge in [-0.3, -0.25) is 4.79 Å². The third-order valence-electron chi connectivity index (χ3n) is 3.86. The van der Waals surface area contributed by atoms with E-state index in [2.05, 4.69) is 43.4 Å². The molecule has 26 heavy (non-hydrogen) atoms. The molecule has 2 aromatic carbocycles. The van der Waals surface area contributed by atoms with Gasteiger partial charge in [0.15, 0.2) is 11.5 Å². The van der Waals surface area contributed by atoms with Crippen LogP contribution in [0.1, 0.15) is 37.5 Å². The Morgan fingerprint density at radius 1 is 1.27 bits per heavy atom. The Morgan fingerprint density at radius 3 is 2.50 bits per heavy atom. The number of hydrogen-bond acceptors (Lipinski definition) is 4. The Hall–Kier alpha value is -2.09. The van der Waals surface area contributed by atoms with E-state index in [4.69, 9.17) is 4.74 Å². The maximum atomic E-state index is 12.0. The van der Waals surface area contributed by atoms with Crippen molar-refractivity contribution >= 4 is 34.7 Å². The Labute approximate surface area is 167 Å². The van der Waals surface area contributed by atoms with E-state index in [1.807, 2.05) is 34.7 Å². The maximum absolute atomic E-state index is 12.0. The van der Waals surface area contributed by atoms with E-state index < -0.39 is 0 Å². The van der Waals surface area contributed by atoms with Gasteiger partial charge in [-0.25, -0.2) is 5.43 Å². The first-order valence-corrected chi connectivity index (χ1v) is 9.26.